The lowest BCUT2D eigenvalue weighted by molar-refractivity contribution is -0.223. The Hall–Kier alpha value is -1.14. The van der Waals surface area contributed by atoms with Crippen LogP contribution in [0.1, 0.15) is 67.2 Å². The number of rotatable bonds is 10. The van der Waals surface area contributed by atoms with Gasteiger partial charge in [0.15, 0.2) is 6.29 Å². The Balaban J connectivity index is 2.16. The van der Waals surface area contributed by atoms with E-state index >= 15 is 0 Å². The summed E-state index contributed by atoms with van der Waals surface area (Å²) in [7, 11) is 1.63. The van der Waals surface area contributed by atoms with Crippen molar-refractivity contribution < 1.29 is 28.5 Å². The van der Waals surface area contributed by atoms with Gasteiger partial charge in [-0.25, -0.2) is 0 Å². The number of fused-ring (bicyclic) bond motifs is 2. The van der Waals surface area contributed by atoms with Crippen molar-refractivity contribution >= 4 is 11.9 Å². The van der Waals surface area contributed by atoms with E-state index in [1.165, 1.54) is 0 Å². The van der Waals surface area contributed by atoms with Crippen molar-refractivity contribution in [1.29, 1.82) is 0 Å². The Labute approximate surface area is 169 Å². The zero-order valence-electron chi connectivity index (χ0n) is 18.5. The van der Waals surface area contributed by atoms with Gasteiger partial charge in [-0.05, 0) is 57.8 Å². The summed E-state index contributed by atoms with van der Waals surface area (Å²) in [6.45, 7) is 12.1. The predicted octanol–water partition coefficient (Wildman–Crippen LogP) is 3.96. The van der Waals surface area contributed by atoms with Gasteiger partial charge >= 0.3 is 11.9 Å². The molecule has 6 nitrogen and oxygen atoms in total. The third-order valence-corrected chi connectivity index (χ3v) is 6.48. The molecular formula is C22H38O6. The van der Waals surface area contributed by atoms with Gasteiger partial charge in [0.2, 0.25) is 0 Å². The normalized spacial score (nSPS) is 30.5. The number of carbonyl (C=O) groups is 2. The summed E-state index contributed by atoms with van der Waals surface area (Å²) >= 11 is 0. The number of methoxy groups -OCH3 is 1. The summed E-state index contributed by atoms with van der Waals surface area (Å²) in [6.07, 6.45) is 2.00. The fraction of sp³-hybridized carbons (Fsp3) is 0.909. The molecule has 6 heteroatoms. The first kappa shape index (κ1) is 23.1. The van der Waals surface area contributed by atoms with Crippen molar-refractivity contribution in [3.8, 4) is 0 Å². The molecule has 0 spiro atoms. The maximum atomic E-state index is 12.7. The van der Waals surface area contributed by atoms with Gasteiger partial charge in [0.25, 0.3) is 0 Å². The molecule has 2 bridgehead atoms. The second-order valence-corrected chi connectivity index (χ2v) is 9.22. The van der Waals surface area contributed by atoms with Crippen LogP contribution in [0.15, 0.2) is 0 Å². The highest BCUT2D eigenvalue weighted by Gasteiger charge is 2.56. The van der Waals surface area contributed by atoms with Gasteiger partial charge in [-0.3, -0.25) is 9.59 Å². The standard InChI is InChI=1S/C22H38O6/c1-8-22(5,6)21(24)28-18-15-10-14(12-17(23)26-9-2)16(11-15)19(18)27-20(25-7)13(3)4/h13-16,18-20H,8-12H2,1-7H3. The summed E-state index contributed by atoms with van der Waals surface area (Å²) < 4.78 is 23.0. The molecule has 0 N–H and O–H groups in total. The molecule has 0 radical (unpaired) electrons. The molecule has 0 aromatic rings. The van der Waals surface area contributed by atoms with E-state index in [2.05, 4.69) is 0 Å². The van der Waals surface area contributed by atoms with Crippen LogP contribution in [-0.4, -0.2) is 44.2 Å². The third-order valence-electron chi connectivity index (χ3n) is 6.48. The predicted molar refractivity (Wildman–Crippen MR) is 105 cm³/mol. The smallest absolute Gasteiger partial charge is 0.311 e. The maximum absolute atomic E-state index is 12.7. The molecule has 2 fully saturated rings. The quantitative estimate of drug-likeness (QED) is 0.410. The Bertz CT molecular complexity index is 543. The minimum Gasteiger partial charge on any atom is -0.466 e. The first-order chi connectivity index (χ1) is 13.1. The SMILES string of the molecule is CCOC(=O)CC1CC2CC1C(OC(OC)C(C)C)C2OC(=O)C(C)(C)CC. The van der Waals surface area contributed by atoms with Gasteiger partial charge in [-0.15, -0.1) is 0 Å². The van der Waals surface area contributed by atoms with Crippen LogP contribution in [0.2, 0.25) is 0 Å². The van der Waals surface area contributed by atoms with Crippen LogP contribution in [0.3, 0.4) is 0 Å². The average Bonchev–Trinajstić information content (AvgIpc) is 3.17. The van der Waals surface area contributed by atoms with Gasteiger partial charge in [0.1, 0.15) is 12.2 Å². The van der Waals surface area contributed by atoms with Crippen LogP contribution < -0.4 is 0 Å². The van der Waals surface area contributed by atoms with E-state index in [0.29, 0.717) is 13.0 Å². The molecule has 0 aromatic carbocycles. The number of ether oxygens (including phenoxy) is 4. The molecule has 0 aliphatic heterocycles. The molecule has 2 rings (SSSR count). The van der Waals surface area contributed by atoms with Crippen LogP contribution in [0.5, 0.6) is 0 Å². The van der Waals surface area contributed by atoms with Crippen molar-refractivity contribution in [3.63, 3.8) is 0 Å². The summed E-state index contributed by atoms with van der Waals surface area (Å²) in [5.41, 5.74) is -0.518. The Kier molecular flexibility index (Phi) is 7.91. The molecular weight excluding hydrogens is 360 g/mol. The van der Waals surface area contributed by atoms with Crippen LogP contribution in [0.25, 0.3) is 0 Å². The van der Waals surface area contributed by atoms with E-state index in [9.17, 15) is 9.59 Å². The summed E-state index contributed by atoms with van der Waals surface area (Å²) in [6, 6.07) is 0. The molecule has 162 valence electrons. The second-order valence-electron chi connectivity index (χ2n) is 9.22. The molecule has 6 atom stereocenters. The van der Waals surface area contributed by atoms with E-state index in [0.717, 1.165) is 19.3 Å². The fourth-order valence-electron chi connectivity index (χ4n) is 4.46. The van der Waals surface area contributed by atoms with E-state index in [1.54, 1.807) is 7.11 Å². The highest BCUT2D eigenvalue weighted by atomic mass is 16.7. The maximum Gasteiger partial charge on any atom is 0.311 e. The molecule has 2 aliphatic carbocycles. The van der Waals surface area contributed by atoms with Crippen molar-refractivity contribution in [2.75, 3.05) is 13.7 Å². The van der Waals surface area contributed by atoms with E-state index < -0.39 is 5.41 Å². The average molecular weight is 399 g/mol. The van der Waals surface area contributed by atoms with Gasteiger partial charge in [-0.2, -0.15) is 0 Å². The number of hydrogen-bond donors (Lipinski definition) is 0. The van der Waals surface area contributed by atoms with E-state index in [1.807, 2.05) is 41.5 Å². The molecule has 28 heavy (non-hydrogen) atoms. The Morgan fingerprint density at radius 2 is 1.79 bits per heavy atom. The summed E-state index contributed by atoms with van der Waals surface area (Å²) in [5.74, 6) is 0.432. The van der Waals surface area contributed by atoms with Crippen LogP contribution >= 0.6 is 0 Å². The zero-order chi connectivity index (χ0) is 21.1. The van der Waals surface area contributed by atoms with Crippen LogP contribution in [0.4, 0.5) is 0 Å². The molecule has 0 aromatic heterocycles. The lowest BCUT2D eigenvalue weighted by atomic mass is 9.82. The molecule has 0 heterocycles. The molecule has 2 saturated carbocycles. The minimum atomic E-state index is -0.518. The first-order valence-corrected chi connectivity index (χ1v) is 10.7. The molecule has 0 amide bonds. The Morgan fingerprint density at radius 3 is 2.32 bits per heavy atom. The first-order valence-electron chi connectivity index (χ1n) is 10.7. The summed E-state index contributed by atoms with van der Waals surface area (Å²) in [5, 5.41) is 0. The zero-order valence-corrected chi connectivity index (χ0v) is 18.5. The Morgan fingerprint density at radius 1 is 1.11 bits per heavy atom. The van der Waals surface area contributed by atoms with Gasteiger partial charge in [-0.1, -0.05) is 20.8 Å². The van der Waals surface area contributed by atoms with Crippen LogP contribution in [-0.2, 0) is 28.5 Å². The molecule has 6 unspecified atom stereocenters. The lowest BCUT2D eigenvalue weighted by Gasteiger charge is -2.38. The van der Waals surface area contributed by atoms with Crippen molar-refractivity contribution in [1.82, 2.24) is 0 Å². The van der Waals surface area contributed by atoms with E-state index in [-0.39, 0.29) is 54.1 Å². The third kappa shape index (κ3) is 5.07. The monoisotopic (exact) mass is 398 g/mol. The largest absolute Gasteiger partial charge is 0.466 e. The number of carbonyl (C=O) groups excluding carboxylic acids is 2. The second kappa shape index (κ2) is 9.57. The minimum absolute atomic E-state index is 0.161. The molecule has 0 saturated heterocycles. The van der Waals surface area contributed by atoms with Crippen LogP contribution in [0, 0.1) is 29.1 Å². The summed E-state index contributed by atoms with van der Waals surface area (Å²) in [4.78, 5) is 24.7. The highest BCUT2D eigenvalue weighted by Crippen LogP contribution is 2.53. The van der Waals surface area contributed by atoms with E-state index in [4.69, 9.17) is 18.9 Å². The van der Waals surface area contributed by atoms with Crippen molar-refractivity contribution in [2.45, 2.75) is 85.7 Å². The number of esters is 2. The van der Waals surface area contributed by atoms with Gasteiger partial charge in [0, 0.05) is 19.4 Å². The lowest BCUT2D eigenvalue weighted by Crippen LogP contribution is -2.46. The number of hydrogen-bond acceptors (Lipinski definition) is 6. The van der Waals surface area contributed by atoms with Gasteiger partial charge < -0.3 is 18.9 Å². The highest BCUT2D eigenvalue weighted by molar-refractivity contribution is 5.76. The fourth-order valence-corrected chi connectivity index (χ4v) is 4.46. The van der Waals surface area contributed by atoms with Crippen molar-refractivity contribution in [3.05, 3.63) is 0 Å². The van der Waals surface area contributed by atoms with Gasteiger partial charge in [0.05, 0.1) is 12.0 Å². The molecule has 2 aliphatic rings. The topological polar surface area (TPSA) is 71.1 Å². The van der Waals surface area contributed by atoms with Crippen molar-refractivity contribution in [2.24, 2.45) is 29.1 Å².